The molecule has 2 atom stereocenters. The van der Waals surface area contributed by atoms with Crippen molar-refractivity contribution in [3.63, 3.8) is 0 Å². The van der Waals surface area contributed by atoms with Crippen LogP contribution in [0, 0.1) is 17.7 Å². The van der Waals surface area contributed by atoms with E-state index >= 15 is 0 Å². The van der Waals surface area contributed by atoms with E-state index in [-0.39, 0.29) is 17.7 Å². The number of hydrogen-bond donors (Lipinski definition) is 0. The maximum absolute atomic E-state index is 13.6. The Labute approximate surface area is 175 Å². The number of hydrogen-bond acceptors (Lipinski definition) is 2. The number of amides is 2. The molecule has 0 radical (unpaired) electrons. The van der Waals surface area contributed by atoms with E-state index in [9.17, 15) is 14.0 Å². The topological polar surface area (TPSA) is 37.4 Å². The summed E-state index contributed by atoms with van der Waals surface area (Å²) in [4.78, 5) is 28.5. The van der Waals surface area contributed by atoms with E-state index in [0.717, 1.165) is 22.3 Å². The van der Waals surface area contributed by atoms with Crippen LogP contribution in [-0.2, 0) is 13.9 Å². The van der Waals surface area contributed by atoms with Crippen molar-refractivity contribution in [2.45, 2.75) is 10.2 Å². The van der Waals surface area contributed by atoms with Crippen LogP contribution in [0.25, 0.3) is 0 Å². The van der Waals surface area contributed by atoms with Crippen molar-refractivity contribution in [2.75, 3.05) is 4.90 Å². The van der Waals surface area contributed by atoms with Crippen molar-refractivity contribution in [3.05, 3.63) is 101 Å². The van der Waals surface area contributed by atoms with Gasteiger partial charge in [-0.15, -0.1) is 0 Å². The zero-order valence-electron chi connectivity index (χ0n) is 15.2. The summed E-state index contributed by atoms with van der Waals surface area (Å²) in [5.74, 6) is -2.07. The lowest BCUT2D eigenvalue weighted by molar-refractivity contribution is -0.122. The fourth-order valence-corrected chi connectivity index (χ4v) is 6.73. The lowest BCUT2D eigenvalue weighted by Gasteiger charge is -2.51. The van der Waals surface area contributed by atoms with E-state index in [1.165, 1.54) is 29.2 Å². The highest BCUT2D eigenvalue weighted by Gasteiger charge is 2.67. The molecule has 1 fully saturated rings. The molecule has 1 heterocycles. The molecule has 2 amide bonds. The number of halogens is 2. The van der Waals surface area contributed by atoms with Gasteiger partial charge in [-0.05, 0) is 46.5 Å². The van der Waals surface area contributed by atoms with Gasteiger partial charge in [0.1, 0.15) is 5.82 Å². The number of alkyl halides is 1. The number of carbonyl (C=O) groups excluding carboxylic acids is 2. The van der Waals surface area contributed by atoms with Gasteiger partial charge in [-0.25, -0.2) is 9.29 Å². The minimum absolute atomic E-state index is 0.172. The molecule has 0 aromatic heterocycles. The first-order valence-electron chi connectivity index (χ1n) is 9.54. The molecule has 0 N–H and O–H groups in total. The number of anilines is 1. The molecule has 2 bridgehead atoms. The smallest absolute Gasteiger partial charge is 0.239 e. The van der Waals surface area contributed by atoms with Crippen LogP contribution in [0.4, 0.5) is 10.1 Å². The Morgan fingerprint density at radius 2 is 1.34 bits per heavy atom. The highest BCUT2D eigenvalue weighted by molar-refractivity contribution is 9.09. The van der Waals surface area contributed by atoms with E-state index in [2.05, 4.69) is 28.1 Å². The average Bonchev–Trinajstić information content (AvgIpc) is 3.01. The Kier molecular flexibility index (Phi) is 3.32. The van der Waals surface area contributed by atoms with Gasteiger partial charge >= 0.3 is 0 Å². The van der Waals surface area contributed by atoms with Gasteiger partial charge in [0.25, 0.3) is 0 Å². The van der Waals surface area contributed by atoms with Crippen LogP contribution < -0.4 is 4.90 Å². The third-order valence-corrected chi connectivity index (χ3v) is 7.95. The molecule has 4 aliphatic rings. The molecule has 0 spiro atoms. The number of carbonyl (C=O) groups is 2. The molecule has 5 heteroatoms. The van der Waals surface area contributed by atoms with Gasteiger partial charge in [0, 0.05) is 5.92 Å². The summed E-state index contributed by atoms with van der Waals surface area (Å²) in [5, 5.41) is 0. The second-order valence-electron chi connectivity index (χ2n) is 7.86. The molecule has 0 unspecified atom stereocenters. The van der Waals surface area contributed by atoms with Gasteiger partial charge in [0.15, 0.2) is 0 Å². The molecular formula is C24H15BrFNO2. The Bertz CT molecular complexity index is 1160. The van der Waals surface area contributed by atoms with Crippen LogP contribution in [0.2, 0.25) is 0 Å². The van der Waals surface area contributed by atoms with Crippen molar-refractivity contribution in [2.24, 2.45) is 11.8 Å². The van der Waals surface area contributed by atoms with Crippen LogP contribution in [-0.4, -0.2) is 11.8 Å². The standard InChI is InChI=1S/C24H15BrFNO2/c25-24-17-7-3-1-5-15(17)19(16-6-2-4-8-18(16)24)20-21(24)23(29)27(22(20)28)14-11-9-13(26)10-12-14/h1-12,19-21H/t19?,20-,21-,24?/m1/s1. The Balaban J connectivity index is 1.61. The average molecular weight is 448 g/mol. The summed E-state index contributed by atoms with van der Waals surface area (Å²) in [5.41, 5.74) is 4.69. The molecule has 142 valence electrons. The molecule has 7 rings (SSSR count). The summed E-state index contributed by atoms with van der Waals surface area (Å²) in [6.07, 6.45) is 0. The van der Waals surface area contributed by atoms with Crippen LogP contribution >= 0.6 is 15.9 Å². The van der Waals surface area contributed by atoms with Crippen LogP contribution in [0.5, 0.6) is 0 Å². The van der Waals surface area contributed by atoms with Gasteiger partial charge in [-0.1, -0.05) is 64.5 Å². The van der Waals surface area contributed by atoms with Gasteiger partial charge in [0.2, 0.25) is 11.8 Å². The van der Waals surface area contributed by atoms with E-state index in [1.807, 2.05) is 36.4 Å². The predicted molar refractivity (Wildman–Crippen MR) is 110 cm³/mol. The number of benzene rings is 3. The van der Waals surface area contributed by atoms with E-state index in [4.69, 9.17) is 0 Å². The van der Waals surface area contributed by atoms with Crippen molar-refractivity contribution >= 4 is 33.4 Å². The Hall–Kier alpha value is -2.79. The highest BCUT2D eigenvalue weighted by atomic mass is 79.9. The third-order valence-electron chi connectivity index (χ3n) is 6.60. The van der Waals surface area contributed by atoms with E-state index in [1.54, 1.807) is 0 Å². The van der Waals surface area contributed by atoms with Crippen LogP contribution in [0.3, 0.4) is 0 Å². The molecular weight excluding hydrogens is 433 g/mol. The first kappa shape index (κ1) is 17.1. The number of imide groups is 1. The molecule has 0 saturated carbocycles. The first-order valence-corrected chi connectivity index (χ1v) is 10.3. The minimum atomic E-state index is -0.763. The molecule has 3 aromatic rings. The third kappa shape index (κ3) is 1.96. The van der Waals surface area contributed by atoms with Crippen LogP contribution in [0.1, 0.15) is 28.2 Å². The fraction of sp³-hybridized carbons (Fsp3) is 0.167. The second kappa shape index (κ2) is 5.63. The number of nitrogens with zero attached hydrogens (tertiary/aromatic N) is 1. The highest BCUT2D eigenvalue weighted by Crippen LogP contribution is 2.66. The van der Waals surface area contributed by atoms with Gasteiger partial charge in [0.05, 0.1) is 21.8 Å². The minimum Gasteiger partial charge on any atom is -0.274 e. The van der Waals surface area contributed by atoms with E-state index in [0.29, 0.717) is 5.69 Å². The van der Waals surface area contributed by atoms with Crippen molar-refractivity contribution in [1.82, 2.24) is 0 Å². The Morgan fingerprint density at radius 1 is 0.793 bits per heavy atom. The Morgan fingerprint density at radius 3 is 1.93 bits per heavy atom. The molecule has 3 nitrogen and oxygen atoms in total. The summed E-state index contributed by atoms with van der Waals surface area (Å²) in [7, 11) is 0. The molecule has 29 heavy (non-hydrogen) atoms. The summed E-state index contributed by atoms with van der Waals surface area (Å²) in [6.45, 7) is 0. The SMILES string of the molecule is O=C1[C@@H]2C3c4ccccc4C(Br)(c4ccccc43)[C@H]2C(=O)N1c1ccc(F)cc1. The summed E-state index contributed by atoms with van der Waals surface area (Å²) in [6, 6.07) is 21.6. The molecule has 1 aliphatic heterocycles. The maximum atomic E-state index is 13.6. The predicted octanol–water partition coefficient (Wildman–Crippen LogP) is 4.73. The second-order valence-corrected chi connectivity index (χ2v) is 9.11. The van der Waals surface area contributed by atoms with Crippen molar-refractivity contribution in [1.29, 1.82) is 0 Å². The van der Waals surface area contributed by atoms with E-state index < -0.39 is 22.0 Å². The summed E-state index contributed by atoms with van der Waals surface area (Å²) < 4.78 is 12.7. The lowest BCUT2D eigenvalue weighted by atomic mass is 9.55. The first-order chi connectivity index (χ1) is 14.0. The van der Waals surface area contributed by atoms with Crippen LogP contribution in [0.15, 0.2) is 72.8 Å². The maximum Gasteiger partial charge on any atom is 0.239 e. The van der Waals surface area contributed by atoms with Gasteiger partial charge in [-0.2, -0.15) is 0 Å². The monoisotopic (exact) mass is 447 g/mol. The lowest BCUT2D eigenvalue weighted by Crippen LogP contribution is -2.50. The molecule has 1 saturated heterocycles. The van der Waals surface area contributed by atoms with Crippen molar-refractivity contribution < 1.29 is 14.0 Å². The largest absolute Gasteiger partial charge is 0.274 e. The zero-order valence-corrected chi connectivity index (χ0v) is 16.8. The van der Waals surface area contributed by atoms with Crippen molar-refractivity contribution in [3.8, 4) is 0 Å². The fourth-order valence-electron chi connectivity index (χ4n) is 5.52. The molecule has 3 aliphatic carbocycles. The molecule has 3 aromatic carbocycles. The summed E-state index contributed by atoms with van der Waals surface area (Å²) >= 11 is 3.96. The number of rotatable bonds is 1. The van der Waals surface area contributed by atoms with Gasteiger partial charge in [-0.3, -0.25) is 9.59 Å². The van der Waals surface area contributed by atoms with Gasteiger partial charge < -0.3 is 0 Å². The zero-order chi connectivity index (χ0) is 19.9. The quantitative estimate of drug-likeness (QED) is 0.399. The normalized spacial score (nSPS) is 28.9.